The van der Waals surface area contributed by atoms with Crippen LogP contribution < -0.4 is 4.74 Å². The Bertz CT molecular complexity index is 321. The standard InChI is InChI=1S/C10H13ClO2/c1-4-13-8-5-6(2)9(11)7(3)10(8)12/h5,12H,4H2,1-3H3. The number of phenolic OH excluding ortho intramolecular Hbond substituents is 1. The Morgan fingerprint density at radius 1 is 1.46 bits per heavy atom. The summed E-state index contributed by atoms with van der Waals surface area (Å²) in [7, 11) is 0. The third kappa shape index (κ3) is 1.89. The number of benzene rings is 1. The third-order valence-corrected chi connectivity index (χ3v) is 2.49. The van der Waals surface area contributed by atoms with Gasteiger partial charge in [0.1, 0.15) is 0 Å². The molecule has 0 aliphatic carbocycles. The van der Waals surface area contributed by atoms with E-state index < -0.39 is 0 Å². The van der Waals surface area contributed by atoms with Crippen molar-refractivity contribution in [2.24, 2.45) is 0 Å². The number of hydrogen-bond donors (Lipinski definition) is 1. The molecule has 0 saturated carbocycles. The highest BCUT2D eigenvalue weighted by Crippen LogP contribution is 2.36. The Kier molecular flexibility index (Phi) is 3.04. The molecule has 2 nitrogen and oxygen atoms in total. The Morgan fingerprint density at radius 2 is 2.08 bits per heavy atom. The molecular formula is C10H13ClO2. The van der Waals surface area contributed by atoms with Crippen LogP contribution in [0, 0.1) is 13.8 Å². The molecular weight excluding hydrogens is 188 g/mol. The van der Waals surface area contributed by atoms with Crippen molar-refractivity contribution in [1.82, 2.24) is 0 Å². The maximum absolute atomic E-state index is 9.62. The van der Waals surface area contributed by atoms with E-state index >= 15 is 0 Å². The Morgan fingerprint density at radius 3 is 2.62 bits per heavy atom. The van der Waals surface area contributed by atoms with Gasteiger partial charge in [0.05, 0.1) is 11.6 Å². The molecule has 0 bridgehead atoms. The van der Waals surface area contributed by atoms with Crippen LogP contribution in [-0.2, 0) is 0 Å². The van der Waals surface area contributed by atoms with Crippen molar-refractivity contribution in [2.75, 3.05) is 6.61 Å². The molecule has 0 radical (unpaired) electrons. The van der Waals surface area contributed by atoms with Crippen molar-refractivity contribution in [3.8, 4) is 11.5 Å². The van der Waals surface area contributed by atoms with Gasteiger partial charge in [0.25, 0.3) is 0 Å². The van der Waals surface area contributed by atoms with Crippen molar-refractivity contribution in [1.29, 1.82) is 0 Å². The average molecular weight is 201 g/mol. The molecule has 1 aromatic rings. The van der Waals surface area contributed by atoms with Crippen molar-refractivity contribution in [3.05, 3.63) is 22.2 Å². The number of phenols is 1. The second-order valence-corrected chi connectivity index (χ2v) is 3.29. The largest absolute Gasteiger partial charge is 0.504 e. The van der Waals surface area contributed by atoms with Crippen molar-refractivity contribution >= 4 is 11.6 Å². The second kappa shape index (κ2) is 3.88. The summed E-state index contributed by atoms with van der Waals surface area (Å²) in [5.41, 5.74) is 1.59. The van der Waals surface area contributed by atoms with Crippen LogP contribution in [0.15, 0.2) is 6.07 Å². The van der Waals surface area contributed by atoms with Gasteiger partial charge < -0.3 is 9.84 Å². The van der Waals surface area contributed by atoms with E-state index in [1.165, 1.54) is 0 Å². The van der Waals surface area contributed by atoms with Gasteiger partial charge in [-0.3, -0.25) is 0 Å². The smallest absolute Gasteiger partial charge is 0.162 e. The van der Waals surface area contributed by atoms with Crippen molar-refractivity contribution in [3.63, 3.8) is 0 Å². The third-order valence-electron chi connectivity index (χ3n) is 1.91. The zero-order valence-electron chi connectivity index (χ0n) is 8.02. The van der Waals surface area contributed by atoms with Crippen LogP contribution in [0.1, 0.15) is 18.1 Å². The monoisotopic (exact) mass is 200 g/mol. The quantitative estimate of drug-likeness (QED) is 0.795. The minimum absolute atomic E-state index is 0.137. The molecule has 0 aliphatic rings. The first-order chi connectivity index (χ1) is 6.07. The summed E-state index contributed by atoms with van der Waals surface area (Å²) in [6.07, 6.45) is 0. The summed E-state index contributed by atoms with van der Waals surface area (Å²) >= 11 is 5.94. The van der Waals surface area contributed by atoms with Gasteiger partial charge >= 0.3 is 0 Å². The van der Waals surface area contributed by atoms with Crippen LogP contribution in [0.2, 0.25) is 5.02 Å². The summed E-state index contributed by atoms with van der Waals surface area (Å²) in [4.78, 5) is 0. The Labute approximate surface area is 83.1 Å². The molecule has 1 rings (SSSR count). The number of halogens is 1. The van der Waals surface area contributed by atoms with Gasteiger partial charge in [-0.25, -0.2) is 0 Å². The predicted molar refractivity (Wildman–Crippen MR) is 53.8 cm³/mol. The lowest BCUT2D eigenvalue weighted by Crippen LogP contribution is -1.94. The Balaban J connectivity index is 3.24. The zero-order chi connectivity index (χ0) is 10.0. The minimum Gasteiger partial charge on any atom is -0.504 e. The lowest BCUT2D eigenvalue weighted by atomic mass is 10.1. The topological polar surface area (TPSA) is 29.5 Å². The zero-order valence-corrected chi connectivity index (χ0v) is 8.77. The first-order valence-corrected chi connectivity index (χ1v) is 4.57. The van der Waals surface area contributed by atoms with Crippen LogP contribution >= 0.6 is 11.6 Å². The van der Waals surface area contributed by atoms with Crippen LogP contribution in [0.5, 0.6) is 11.5 Å². The highest BCUT2D eigenvalue weighted by Gasteiger charge is 2.11. The van der Waals surface area contributed by atoms with Crippen LogP contribution in [0.4, 0.5) is 0 Å². The fourth-order valence-electron chi connectivity index (χ4n) is 1.18. The van der Waals surface area contributed by atoms with Gasteiger partial charge in [-0.1, -0.05) is 11.6 Å². The van der Waals surface area contributed by atoms with Crippen LogP contribution in [0.25, 0.3) is 0 Å². The summed E-state index contributed by atoms with van der Waals surface area (Å²) < 4.78 is 5.24. The molecule has 0 spiro atoms. The van der Waals surface area contributed by atoms with Gasteiger partial charge in [-0.15, -0.1) is 0 Å². The van der Waals surface area contributed by atoms with Gasteiger partial charge in [0.2, 0.25) is 0 Å². The molecule has 1 N–H and O–H groups in total. The molecule has 0 saturated heterocycles. The fraction of sp³-hybridized carbons (Fsp3) is 0.400. The molecule has 0 amide bonds. The molecule has 0 fully saturated rings. The molecule has 0 aromatic heterocycles. The lowest BCUT2D eigenvalue weighted by Gasteiger charge is -2.11. The molecule has 0 atom stereocenters. The van der Waals surface area contributed by atoms with E-state index in [0.29, 0.717) is 22.9 Å². The minimum atomic E-state index is 0.137. The van der Waals surface area contributed by atoms with E-state index in [0.717, 1.165) is 5.56 Å². The van der Waals surface area contributed by atoms with Crippen molar-refractivity contribution in [2.45, 2.75) is 20.8 Å². The predicted octanol–water partition coefficient (Wildman–Crippen LogP) is 3.06. The van der Waals surface area contributed by atoms with Crippen LogP contribution in [0.3, 0.4) is 0 Å². The molecule has 3 heteroatoms. The lowest BCUT2D eigenvalue weighted by molar-refractivity contribution is 0.317. The van der Waals surface area contributed by atoms with Gasteiger partial charge in [0.15, 0.2) is 11.5 Å². The SMILES string of the molecule is CCOc1cc(C)c(Cl)c(C)c1O. The van der Waals surface area contributed by atoms with Gasteiger partial charge in [-0.2, -0.15) is 0 Å². The second-order valence-electron chi connectivity index (χ2n) is 2.91. The summed E-state index contributed by atoms with van der Waals surface area (Å²) in [6, 6.07) is 1.74. The first kappa shape index (κ1) is 10.2. The van der Waals surface area contributed by atoms with Crippen molar-refractivity contribution < 1.29 is 9.84 Å². The normalized spacial score (nSPS) is 10.2. The molecule has 13 heavy (non-hydrogen) atoms. The van der Waals surface area contributed by atoms with E-state index in [1.54, 1.807) is 13.0 Å². The maximum Gasteiger partial charge on any atom is 0.162 e. The van der Waals surface area contributed by atoms with Gasteiger partial charge in [0, 0.05) is 5.56 Å². The first-order valence-electron chi connectivity index (χ1n) is 4.19. The maximum atomic E-state index is 9.62. The fourth-order valence-corrected chi connectivity index (χ4v) is 1.32. The number of aromatic hydroxyl groups is 1. The molecule has 0 unspecified atom stereocenters. The molecule has 0 aliphatic heterocycles. The van der Waals surface area contributed by atoms with Gasteiger partial charge in [-0.05, 0) is 32.4 Å². The van der Waals surface area contributed by atoms with E-state index in [2.05, 4.69) is 0 Å². The highest BCUT2D eigenvalue weighted by molar-refractivity contribution is 6.32. The number of aryl methyl sites for hydroxylation is 1. The van der Waals surface area contributed by atoms with E-state index in [-0.39, 0.29) is 5.75 Å². The van der Waals surface area contributed by atoms with E-state index in [9.17, 15) is 5.11 Å². The Hall–Kier alpha value is -0.890. The summed E-state index contributed by atoms with van der Waals surface area (Å²) in [5.74, 6) is 0.638. The number of ether oxygens (including phenoxy) is 1. The number of rotatable bonds is 2. The molecule has 72 valence electrons. The highest BCUT2D eigenvalue weighted by atomic mass is 35.5. The molecule has 0 heterocycles. The summed E-state index contributed by atoms with van der Waals surface area (Å²) in [6.45, 7) is 6.07. The van der Waals surface area contributed by atoms with E-state index in [4.69, 9.17) is 16.3 Å². The van der Waals surface area contributed by atoms with E-state index in [1.807, 2.05) is 13.8 Å². The molecule has 1 aromatic carbocycles. The average Bonchev–Trinajstić information content (AvgIpc) is 2.11. The van der Waals surface area contributed by atoms with Crippen LogP contribution in [-0.4, -0.2) is 11.7 Å². The number of hydrogen-bond acceptors (Lipinski definition) is 2. The summed E-state index contributed by atoms with van der Waals surface area (Å²) in [5, 5.41) is 10.2.